The van der Waals surface area contributed by atoms with E-state index in [0.717, 1.165) is 0 Å². The van der Waals surface area contributed by atoms with Crippen molar-refractivity contribution in [1.82, 2.24) is 14.5 Å². The van der Waals surface area contributed by atoms with Crippen LogP contribution in [0.25, 0.3) is 11.0 Å². The summed E-state index contributed by atoms with van der Waals surface area (Å²) >= 11 is 0. The zero-order valence-electron chi connectivity index (χ0n) is 11.6. The van der Waals surface area contributed by atoms with Gasteiger partial charge in [-0.05, 0) is 6.07 Å². The van der Waals surface area contributed by atoms with Gasteiger partial charge in [-0.25, -0.2) is 9.97 Å². The van der Waals surface area contributed by atoms with Crippen molar-refractivity contribution < 1.29 is 25.2 Å². The number of nitrogens with zero attached hydrogens (tertiary/aromatic N) is 3. The van der Waals surface area contributed by atoms with Gasteiger partial charge in [0.2, 0.25) is 0 Å². The molecule has 9 heteroatoms. The van der Waals surface area contributed by atoms with E-state index in [4.69, 9.17) is 10.5 Å². The molecule has 2 aromatic heterocycles. The van der Waals surface area contributed by atoms with Crippen LogP contribution in [-0.2, 0) is 4.74 Å². The zero-order valence-corrected chi connectivity index (χ0v) is 11.6. The standard InChI is InChI=1S/C13H18N4O5/c14-11-6-1-2-17(12(6)16-5-15-11)13-8(20)3-7(19)10(21)9(4-18)22-13/h1-2,5,7-10,13,18-21H,3-4H2,(H2,14,15,16)/t7-,8-,9-,10+,13-/m1/s1. The Labute approximate surface area is 125 Å². The first-order valence-corrected chi connectivity index (χ1v) is 6.90. The number of rotatable bonds is 2. The molecule has 0 aliphatic carbocycles. The van der Waals surface area contributed by atoms with Gasteiger partial charge >= 0.3 is 0 Å². The molecule has 6 N–H and O–H groups in total. The molecule has 0 unspecified atom stereocenters. The fraction of sp³-hybridized carbons (Fsp3) is 0.538. The molecule has 0 spiro atoms. The van der Waals surface area contributed by atoms with Crippen molar-refractivity contribution in [2.24, 2.45) is 0 Å². The Hall–Kier alpha value is -1.78. The second kappa shape index (κ2) is 5.78. The van der Waals surface area contributed by atoms with Crippen molar-refractivity contribution in [2.75, 3.05) is 12.3 Å². The molecule has 9 nitrogen and oxygen atoms in total. The van der Waals surface area contributed by atoms with E-state index in [-0.39, 0.29) is 6.42 Å². The highest BCUT2D eigenvalue weighted by Gasteiger charge is 2.39. The highest BCUT2D eigenvalue weighted by molar-refractivity contribution is 5.86. The number of anilines is 1. The maximum atomic E-state index is 10.3. The van der Waals surface area contributed by atoms with Crippen LogP contribution in [-0.4, -0.2) is 66.0 Å². The Morgan fingerprint density at radius 3 is 2.77 bits per heavy atom. The lowest BCUT2D eigenvalue weighted by atomic mass is 10.0. The molecule has 0 amide bonds. The van der Waals surface area contributed by atoms with Gasteiger partial charge in [0.15, 0.2) is 6.23 Å². The molecular formula is C13H18N4O5. The smallest absolute Gasteiger partial charge is 0.161 e. The lowest BCUT2D eigenvalue weighted by Crippen LogP contribution is -2.39. The van der Waals surface area contributed by atoms with E-state index < -0.39 is 37.3 Å². The van der Waals surface area contributed by atoms with Gasteiger partial charge in [-0.2, -0.15) is 0 Å². The minimum Gasteiger partial charge on any atom is -0.394 e. The number of nitrogens with two attached hydrogens (primary N) is 1. The summed E-state index contributed by atoms with van der Waals surface area (Å²) in [4.78, 5) is 8.01. The number of hydrogen-bond donors (Lipinski definition) is 5. The van der Waals surface area contributed by atoms with Crippen LogP contribution in [0.4, 0.5) is 5.82 Å². The first-order chi connectivity index (χ1) is 10.5. The largest absolute Gasteiger partial charge is 0.394 e. The van der Waals surface area contributed by atoms with Crippen molar-refractivity contribution in [2.45, 2.75) is 37.1 Å². The Kier molecular flexibility index (Phi) is 3.98. The molecule has 1 fully saturated rings. The number of aliphatic hydroxyl groups is 4. The SMILES string of the molecule is Nc1ncnc2c1ccn2[C@@H]1O[C@H](CO)[C@@H](O)[C@H](O)C[C@H]1O. The number of hydrogen-bond acceptors (Lipinski definition) is 8. The first kappa shape index (κ1) is 15.1. The highest BCUT2D eigenvalue weighted by Crippen LogP contribution is 2.30. The van der Waals surface area contributed by atoms with Gasteiger partial charge in [-0.15, -0.1) is 0 Å². The van der Waals surface area contributed by atoms with E-state index in [1.165, 1.54) is 6.33 Å². The van der Waals surface area contributed by atoms with E-state index in [9.17, 15) is 20.4 Å². The quantitative estimate of drug-likeness (QED) is 0.444. The van der Waals surface area contributed by atoms with E-state index in [0.29, 0.717) is 16.9 Å². The Balaban J connectivity index is 2.02. The molecule has 1 aliphatic rings. The van der Waals surface area contributed by atoms with Gasteiger partial charge < -0.3 is 35.5 Å². The molecule has 0 bridgehead atoms. The summed E-state index contributed by atoms with van der Waals surface area (Å²) in [5.74, 6) is 0.297. The average molecular weight is 310 g/mol. The summed E-state index contributed by atoms with van der Waals surface area (Å²) in [6.45, 7) is -0.488. The molecule has 3 heterocycles. The number of aliphatic hydroxyl groups excluding tert-OH is 4. The van der Waals surface area contributed by atoms with E-state index >= 15 is 0 Å². The lowest BCUT2D eigenvalue weighted by Gasteiger charge is -2.26. The van der Waals surface area contributed by atoms with Gasteiger partial charge in [0.25, 0.3) is 0 Å². The van der Waals surface area contributed by atoms with E-state index in [2.05, 4.69) is 9.97 Å². The number of aromatic nitrogens is 3. The maximum absolute atomic E-state index is 10.3. The number of fused-ring (bicyclic) bond motifs is 1. The van der Waals surface area contributed by atoms with Crippen LogP contribution in [0.3, 0.4) is 0 Å². The number of ether oxygens (including phenoxy) is 1. The summed E-state index contributed by atoms with van der Waals surface area (Å²) in [7, 11) is 0. The van der Waals surface area contributed by atoms with E-state index in [1.54, 1.807) is 16.8 Å². The fourth-order valence-electron chi connectivity index (χ4n) is 2.70. The summed E-state index contributed by atoms with van der Waals surface area (Å²) < 4.78 is 7.15. The monoisotopic (exact) mass is 310 g/mol. The Morgan fingerprint density at radius 2 is 2.05 bits per heavy atom. The minimum absolute atomic E-state index is 0.0947. The third-order valence-electron chi connectivity index (χ3n) is 3.90. The molecule has 1 saturated heterocycles. The summed E-state index contributed by atoms with van der Waals surface area (Å²) in [6.07, 6.45) is -2.68. The predicted molar refractivity (Wildman–Crippen MR) is 75.6 cm³/mol. The third kappa shape index (κ3) is 2.42. The summed E-state index contributed by atoms with van der Waals surface area (Å²) in [5, 5.41) is 40.0. The normalized spacial score (nSPS) is 33.0. The van der Waals surface area contributed by atoms with Crippen LogP contribution in [0.1, 0.15) is 12.6 Å². The first-order valence-electron chi connectivity index (χ1n) is 6.90. The van der Waals surface area contributed by atoms with Crippen LogP contribution >= 0.6 is 0 Å². The molecule has 0 radical (unpaired) electrons. The maximum Gasteiger partial charge on any atom is 0.161 e. The van der Waals surface area contributed by atoms with Crippen molar-refractivity contribution in [1.29, 1.82) is 0 Å². The molecule has 0 aromatic carbocycles. The third-order valence-corrected chi connectivity index (χ3v) is 3.90. The molecule has 22 heavy (non-hydrogen) atoms. The topological polar surface area (TPSA) is 147 Å². The van der Waals surface area contributed by atoms with Gasteiger partial charge in [0, 0.05) is 12.6 Å². The fourth-order valence-corrected chi connectivity index (χ4v) is 2.70. The Bertz CT molecular complexity index is 663. The number of nitrogen functional groups attached to an aromatic ring is 1. The second-order valence-electron chi connectivity index (χ2n) is 5.33. The lowest BCUT2D eigenvalue weighted by molar-refractivity contribution is -0.146. The minimum atomic E-state index is -1.29. The van der Waals surface area contributed by atoms with E-state index in [1.807, 2.05) is 0 Å². The molecule has 120 valence electrons. The second-order valence-corrected chi connectivity index (χ2v) is 5.33. The zero-order chi connectivity index (χ0) is 15.9. The van der Waals surface area contributed by atoms with Crippen molar-refractivity contribution >= 4 is 16.9 Å². The summed E-state index contributed by atoms with van der Waals surface area (Å²) in [5.41, 5.74) is 6.23. The van der Waals surface area contributed by atoms with Crippen LogP contribution < -0.4 is 5.73 Å². The van der Waals surface area contributed by atoms with Crippen LogP contribution in [0.5, 0.6) is 0 Å². The Morgan fingerprint density at radius 1 is 1.27 bits per heavy atom. The molecule has 1 aliphatic heterocycles. The van der Waals surface area contributed by atoms with Crippen molar-refractivity contribution in [3.8, 4) is 0 Å². The van der Waals surface area contributed by atoms with Gasteiger partial charge in [-0.1, -0.05) is 0 Å². The van der Waals surface area contributed by atoms with Crippen LogP contribution in [0.2, 0.25) is 0 Å². The van der Waals surface area contributed by atoms with Crippen molar-refractivity contribution in [3.63, 3.8) is 0 Å². The molecule has 0 saturated carbocycles. The van der Waals surface area contributed by atoms with Crippen LogP contribution in [0.15, 0.2) is 18.6 Å². The molecular weight excluding hydrogens is 292 g/mol. The van der Waals surface area contributed by atoms with Gasteiger partial charge in [0.05, 0.1) is 18.1 Å². The molecule has 2 aromatic rings. The van der Waals surface area contributed by atoms with Gasteiger partial charge in [-0.3, -0.25) is 0 Å². The predicted octanol–water partition coefficient (Wildman–Crippen LogP) is -1.62. The molecule has 5 atom stereocenters. The van der Waals surface area contributed by atoms with Gasteiger partial charge in [0.1, 0.15) is 36.1 Å². The highest BCUT2D eigenvalue weighted by atomic mass is 16.5. The van der Waals surface area contributed by atoms with Crippen LogP contribution in [0, 0.1) is 0 Å². The van der Waals surface area contributed by atoms with Crippen molar-refractivity contribution in [3.05, 3.63) is 18.6 Å². The molecule has 3 rings (SSSR count). The average Bonchev–Trinajstić information content (AvgIpc) is 2.88. The summed E-state index contributed by atoms with van der Waals surface area (Å²) in [6, 6.07) is 1.69.